The van der Waals surface area contributed by atoms with Crippen molar-refractivity contribution in [3.05, 3.63) is 23.3 Å². The Hall–Kier alpha value is -2.20. The van der Waals surface area contributed by atoms with Gasteiger partial charge in [0.2, 0.25) is 5.95 Å². The number of anilines is 2. The molecule has 2 fully saturated rings. The van der Waals surface area contributed by atoms with Crippen molar-refractivity contribution in [3.63, 3.8) is 0 Å². The van der Waals surface area contributed by atoms with Gasteiger partial charge in [0.15, 0.2) is 0 Å². The van der Waals surface area contributed by atoms with Crippen molar-refractivity contribution in [2.45, 2.75) is 39.6 Å². The monoisotopic (exact) mass is 439 g/mol. The van der Waals surface area contributed by atoms with Gasteiger partial charge in [0.1, 0.15) is 11.9 Å². The summed E-state index contributed by atoms with van der Waals surface area (Å²) in [5.74, 6) is 0.909. The van der Waals surface area contributed by atoms with Crippen LogP contribution in [0.2, 0.25) is 0 Å². The molecule has 4 N–H and O–H groups in total. The molecule has 9 nitrogen and oxygen atoms in total. The van der Waals surface area contributed by atoms with Gasteiger partial charge in [-0.2, -0.15) is 4.98 Å². The van der Waals surface area contributed by atoms with Gasteiger partial charge in [-0.25, -0.2) is 4.98 Å². The lowest BCUT2D eigenvalue weighted by Crippen LogP contribution is -2.51. The van der Waals surface area contributed by atoms with Crippen LogP contribution in [0.3, 0.4) is 0 Å². The number of ether oxygens (including phenoxy) is 1. The van der Waals surface area contributed by atoms with Gasteiger partial charge in [0, 0.05) is 38.2 Å². The van der Waals surface area contributed by atoms with Gasteiger partial charge in [-0.05, 0) is 36.1 Å². The van der Waals surface area contributed by atoms with E-state index in [4.69, 9.17) is 10.5 Å². The van der Waals surface area contributed by atoms with Crippen LogP contribution in [0.15, 0.2) is 12.1 Å². The van der Waals surface area contributed by atoms with E-state index >= 15 is 0 Å². The number of hydrogen-bond acceptors (Lipinski definition) is 8. The predicted molar refractivity (Wildman–Crippen MR) is 118 cm³/mol. The number of benzene rings is 1. The summed E-state index contributed by atoms with van der Waals surface area (Å²) in [6.07, 6.45) is 1.44. The van der Waals surface area contributed by atoms with Crippen LogP contribution in [0.5, 0.6) is 0 Å². The van der Waals surface area contributed by atoms with Gasteiger partial charge in [-0.1, -0.05) is 7.43 Å². The van der Waals surface area contributed by atoms with E-state index in [9.17, 15) is 15.0 Å². The Morgan fingerprint density at radius 2 is 1.80 bits per heavy atom. The molecule has 2 aromatic rings. The molecule has 4 rings (SSSR count). The van der Waals surface area contributed by atoms with Crippen molar-refractivity contribution in [2.75, 3.05) is 43.4 Å². The summed E-state index contributed by atoms with van der Waals surface area (Å²) in [6, 6.07) is 3.46. The van der Waals surface area contributed by atoms with E-state index in [0.717, 1.165) is 12.8 Å². The minimum absolute atomic E-state index is 0. The summed E-state index contributed by atoms with van der Waals surface area (Å²) in [5.41, 5.74) is 7.99. The third kappa shape index (κ3) is 4.59. The molecule has 10 heteroatoms. The number of amides is 1. The SMILES string of the molecule is C.Cl.Nc1nc(N2CCN(C(=O)C3CCCO3)CC2)nc2cc(CO)c(CO)cc12. The first-order valence-electron chi connectivity index (χ1n) is 9.56. The van der Waals surface area contributed by atoms with E-state index in [2.05, 4.69) is 9.97 Å². The highest BCUT2D eigenvalue weighted by Gasteiger charge is 2.31. The van der Waals surface area contributed by atoms with Crippen LogP contribution in [0.25, 0.3) is 10.9 Å². The van der Waals surface area contributed by atoms with Crippen molar-refractivity contribution >= 4 is 41.0 Å². The lowest BCUT2D eigenvalue weighted by atomic mass is 10.1. The predicted octanol–water partition coefficient (Wildman–Crippen LogP) is 1.08. The highest BCUT2D eigenvalue weighted by atomic mass is 35.5. The average molecular weight is 440 g/mol. The smallest absolute Gasteiger partial charge is 0.251 e. The van der Waals surface area contributed by atoms with Crippen LogP contribution in [0.4, 0.5) is 11.8 Å². The van der Waals surface area contributed by atoms with Crippen molar-refractivity contribution in [2.24, 2.45) is 0 Å². The maximum atomic E-state index is 12.5. The Labute approximate surface area is 182 Å². The molecule has 2 aliphatic heterocycles. The first-order chi connectivity index (χ1) is 13.6. The average Bonchev–Trinajstić information content (AvgIpc) is 3.27. The molecule has 1 aromatic heterocycles. The number of halogens is 1. The molecule has 1 aromatic carbocycles. The number of rotatable bonds is 4. The van der Waals surface area contributed by atoms with Gasteiger partial charge in [-0.15, -0.1) is 12.4 Å². The number of nitrogens with zero attached hydrogens (tertiary/aromatic N) is 4. The van der Waals surface area contributed by atoms with Crippen LogP contribution in [-0.2, 0) is 22.7 Å². The molecule has 1 amide bonds. The minimum atomic E-state index is -0.295. The summed E-state index contributed by atoms with van der Waals surface area (Å²) in [4.78, 5) is 25.4. The number of carbonyl (C=O) groups excluding carboxylic acids is 1. The second-order valence-corrected chi connectivity index (χ2v) is 7.18. The van der Waals surface area contributed by atoms with Gasteiger partial charge >= 0.3 is 0 Å². The molecule has 1 unspecified atom stereocenters. The van der Waals surface area contributed by atoms with E-state index in [1.54, 1.807) is 12.1 Å². The highest BCUT2D eigenvalue weighted by Crippen LogP contribution is 2.26. The lowest BCUT2D eigenvalue weighted by Gasteiger charge is -2.35. The third-order valence-corrected chi connectivity index (χ3v) is 5.45. The zero-order valence-electron chi connectivity index (χ0n) is 16.1. The Kier molecular flexibility index (Phi) is 8.19. The molecule has 2 aliphatic rings. The number of piperazine rings is 1. The van der Waals surface area contributed by atoms with Gasteiger partial charge < -0.3 is 30.5 Å². The van der Waals surface area contributed by atoms with Crippen molar-refractivity contribution in [1.82, 2.24) is 14.9 Å². The maximum Gasteiger partial charge on any atom is 0.251 e. The summed E-state index contributed by atoms with van der Waals surface area (Å²) in [5, 5.41) is 19.6. The first-order valence-corrected chi connectivity index (χ1v) is 9.56. The first kappa shape index (κ1) is 24.1. The number of aliphatic hydroxyl groups is 2. The van der Waals surface area contributed by atoms with E-state index < -0.39 is 0 Å². The van der Waals surface area contributed by atoms with Crippen LogP contribution in [0, 0.1) is 0 Å². The van der Waals surface area contributed by atoms with Crippen LogP contribution in [-0.4, -0.2) is 69.9 Å². The van der Waals surface area contributed by atoms with Crippen molar-refractivity contribution in [1.29, 1.82) is 0 Å². The molecule has 0 radical (unpaired) electrons. The van der Waals surface area contributed by atoms with E-state index in [1.165, 1.54) is 0 Å². The normalized spacial score (nSPS) is 18.8. The zero-order chi connectivity index (χ0) is 19.7. The van der Waals surface area contributed by atoms with Crippen LogP contribution >= 0.6 is 12.4 Å². The van der Waals surface area contributed by atoms with Gasteiger partial charge in [-0.3, -0.25) is 4.79 Å². The zero-order valence-corrected chi connectivity index (χ0v) is 16.9. The molecular formula is C20H30ClN5O4. The molecule has 0 spiro atoms. The number of nitrogens with two attached hydrogens (primary N) is 1. The molecule has 2 saturated heterocycles. The summed E-state index contributed by atoms with van der Waals surface area (Å²) >= 11 is 0. The number of carbonyl (C=O) groups is 1. The standard InChI is InChI=1S/C19H25N5O4.CH4.ClH/c20-17-14-8-12(10-25)13(11-26)9-15(14)21-19(22-17)24-5-3-23(4-6-24)18(27)16-2-1-7-28-16;;/h8-9,16,25-26H,1-7,10-11H2,(H2,20,21,22);1H4;1H. The summed E-state index contributed by atoms with van der Waals surface area (Å²) in [6.45, 7) is 2.70. The van der Waals surface area contributed by atoms with E-state index in [-0.39, 0.29) is 45.1 Å². The molecule has 3 heterocycles. The molecule has 166 valence electrons. The Morgan fingerprint density at radius 1 is 1.13 bits per heavy atom. The topological polar surface area (TPSA) is 125 Å². The largest absolute Gasteiger partial charge is 0.392 e. The van der Waals surface area contributed by atoms with E-state index in [0.29, 0.717) is 66.6 Å². The molecule has 0 saturated carbocycles. The second kappa shape index (κ2) is 10.2. The molecule has 30 heavy (non-hydrogen) atoms. The quantitative estimate of drug-likeness (QED) is 0.646. The van der Waals surface area contributed by atoms with Crippen LogP contribution < -0.4 is 10.6 Å². The fourth-order valence-electron chi connectivity index (χ4n) is 3.81. The number of aliphatic hydroxyl groups excluding tert-OH is 2. The minimum Gasteiger partial charge on any atom is -0.392 e. The highest BCUT2D eigenvalue weighted by molar-refractivity contribution is 5.90. The Balaban J connectivity index is 0.00000160. The van der Waals surface area contributed by atoms with Gasteiger partial charge in [0.05, 0.1) is 18.7 Å². The molecular weight excluding hydrogens is 410 g/mol. The van der Waals surface area contributed by atoms with E-state index in [1.807, 2.05) is 9.80 Å². The lowest BCUT2D eigenvalue weighted by molar-refractivity contribution is -0.141. The fraction of sp³-hybridized carbons (Fsp3) is 0.550. The van der Waals surface area contributed by atoms with Crippen molar-refractivity contribution in [3.8, 4) is 0 Å². The fourth-order valence-corrected chi connectivity index (χ4v) is 3.81. The summed E-state index contributed by atoms with van der Waals surface area (Å²) in [7, 11) is 0. The molecule has 1 atom stereocenters. The number of fused-ring (bicyclic) bond motifs is 1. The number of aromatic nitrogens is 2. The van der Waals surface area contributed by atoms with Gasteiger partial charge in [0.25, 0.3) is 5.91 Å². The second-order valence-electron chi connectivity index (χ2n) is 7.18. The Bertz CT molecular complexity index is 883. The number of hydrogen-bond donors (Lipinski definition) is 3. The third-order valence-electron chi connectivity index (χ3n) is 5.45. The summed E-state index contributed by atoms with van der Waals surface area (Å²) < 4.78 is 5.50. The molecule has 0 bridgehead atoms. The van der Waals surface area contributed by atoms with Crippen molar-refractivity contribution < 1.29 is 19.7 Å². The molecule has 0 aliphatic carbocycles. The van der Waals surface area contributed by atoms with Crippen LogP contribution in [0.1, 0.15) is 31.4 Å². The maximum absolute atomic E-state index is 12.5. The number of nitrogen functional groups attached to an aromatic ring is 1. The Morgan fingerprint density at radius 3 is 2.40 bits per heavy atom.